The molecule has 0 aliphatic carbocycles. The number of anilines is 1. The zero-order valence-corrected chi connectivity index (χ0v) is 16.6. The highest BCUT2D eigenvalue weighted by Gasteiger charge is 2.22. The smallest absolute Gasteiger partial charge is 0.264 e. The minimum atomic E-state index is -3.76. The van der Waals surface area contributed by atoms with E-state index in [1.807, 2.05) is 30.5 Å². The van der Waals surface area contributed by atoms with E-state index in [0.29, 0.717) is 11.3 Å². The number of nitrogens with zero attached hydrogens (tertiary/aromatic N) is 1. The van der Waals surface area contributed by atoms with Crippen LogP contribution in [0.5, 0.6) is 0 Å². The fraction of sp³-hybridized carbons (Fsp3) is 0.150. The summed E-state index contributed by atoms with van der Waals surface area (Å²) in [5.74, 6) is -0.310. The second-order valence-corrected chi connectivity index (χ2v) is 9.00. The number of nitrogens with one attached hydrogen (secondary N) is 1. The molecule has 0 spiro atoms. The number of carbonyl (C=O) groups is 1. The molecule has 3 rings (SSSR count). The van der Waals surface area contributed by atoms with Gasteiger partial charge in [-0.25, -0.2) is 8.42 Å². The molecule has 1 aromatic heterocycles. The van der Waals surface area contributed by atoms with Gasteiger partial charge in [-0.15, -0.1) is 11.3 Å². The molecule has 140 valence electrons. The Kier molecular flexibility index (Phi) is 5.62. The Morgan fingerprint density at radius 1 is 1.04 bits per heavy atom. The summed E-state index contributed by atoms with van der Waals surface area (Å²) in [7, 11) is -2.27. The fourth-order valence-electron chi connectivity index (χ4n) is 2.62. The molecule has 27 heavy (non-hydrogen) atoms. The van der Waals surface area contributed by atoms with Crippen LogP contribution in [0.1, 0.15) is 28.2 Å². The SMILES string of the molecule is CC(NC(=O)c1cccc(S(=O)(=O)N(C)c2ccccc2)c1)c1cccs1. The van der Waals surface area contributed by atoms with Gasteiger partial charge in [0.05, 0.1) is 16.6 Å². The third-order valence-electron chi connectivity index (χ3n) is 4.19. The summed E-state index contributed by atoms with van der Waals surface area (Å²) in [4.78, 5) is 13.7. The zero-order chi connectivity index (χ0) is 19.4. The molecular formula is C20H20N2O3S2. The maximum Gasteiger partial charge on any atom is 0.264 e. The van der Waals surface area contributed by atoms with Gasteiger partial charge in [0.25, 0.3) is 15.9 Å². The third kappa shape index (κ3) is 4.20. The molecule has 0 aliphatic rings. The van der Waals surface area contributed by atoms with Crippen LogP contribution in [-0.2, 0) is 10.0 Å². The van der Waals surface area contributed by atoms with Crippen molar-refractivity contribution in [1.82, 2.24) is 5.32 Å². The molecule has 1 unspecified atom stereocenters. The predicted octanol–water partition coefficient (Wildman–Crippen LogP) is 4.06. The van der Waals surface area contributed by atoms with Crippen LogP contribution in [0.4, 0.5) is 5.69 Å². The summed E-state index contributed by atoms with van der Waals surface area (Å²) < 4.78 is 27.0. The zero-order valence-electron chi connectivity index (χ0n) is 15.0. The van der Waals surface area contributed by atoms with E-state index >= 15 is 0 Å². The summed E-state index contributed by atoms with van der Waals surface area (Å²) >= 11 is 1.56. The van der Waals surface area contributed by atoms with Crippen LogP contribution < -0.4 is 9.62 Å². The second-order valence-electron chi connectivity index (χ2n) is 6.05. The number of amides is 1. The molecule has 3 aromatic rings. The van der Waals surface area contributed by atoms with Gasteiger partial charge in [-0.2, -0.15) is 0 Å². The average molecular weight is 401 g/mol. The molecule has 1 heterocycles. The van der Waals surface area contributed by atoms with E-state index in [9.17, 15) is 13.2 Å². The summed E-state index contributed by atoms with van der Waals surface area (Å²) in [6, 6.07) is 18.6. The van der Waals surface area contributed by atoms with Crippen molar-refractivity contribution in [3.8, 4) is 0 Å². The first-order valence-corrected chi connectivity index (χ1v) is 10.7. The molecular weight excluding hydrogens is 380 g/mol. The van der Waals surface area contributed by atoms with E-state index in [1.165, 1.54) is 23.5 Å². The van der Waals surface area contributed by atoms with Crippen LogP contribution in [-0.4, -0.2) is 21.4 Å². The van der Waals surface area contributed by atoms with Crippen LogP contribution in [0.2, 0.25) is 0 Å². The Labute approximate surface area is 163 Å². The Morgan fingerprint density at radius 3 is 2.44 bits per heavy atom. The summed E-state index contributed by atoms with van der Waals surface area (Å²) in [5.41, 5.74) is 0.861. The molecule has 1 N–H and O–H groups in total. The highest BCUT2D eigenvalue weighted by atomic mass is 32.2. The lowest BCUT2D eigenvalue weighted by molar-refractivity contribution is 0.0940. The Balaban J connectivity index is 1.83. The fourth-order valence-corrected chi connectivity index (χ4v) is 4.60. The molecule has 0 saturated carbocycles. The topological polar surface area (TPSA) is 66.5 Å². The first-order valence-electron chi connectivity index (χ1n) is 8.38. The molecule has 0 radical (unpaired) electrons. The van der Waals surface area contributed by atoms with Gasteiger partial charge in [-0.3, -0.25) is 9.10 Å². The van der Waals surface area contributed by atoms with Crippen LogP contribution in [0.25, 0.3) is 0 Å². The van der Waals surface area contributed by atoms with E-state index in [2.05, 4.69) is 5.32 Å². The van der Waals surface area contributed by atoms with Gasteiger partial charge >= 0.3 is 0 Å². The Hall–Kier alpha value is -2.64. The van der Waals surface area contributed by atoms with Gasteiger partial charge in [0.15, 0.2) is 0 Å². The number of sulfonamides is 1. The van der Waals surface area contributed by atoms with Gasteiger partial charge < -0.3 is 5.32 Å². The van der Waals surface area contributed by atoms with E-state index in [-0.39, 0.29) is 16.8 Å². The largest absolute Gasteiger partial charge is 0.345 e. The molecule has 0 fully saturated rings. The number of hydrogen-bond acceptors (Lipinski definition) is 4. The lowest BCUT2D eigenvalue weighted by Crippen LogP contribution is -2.28. The van der Waals surface area contributed by atoms with Crippen LogP contribution >= 0.6 is 11.3 Å². The molecule has 7 heteroatoms. The van der Waals surface area contributed by atoms with Gasteiger partial charge in [-0.05, 0) is 48.7 Å². The van der Waals surface area contributed by atoms with Gasteiger partial charge in [0.2, 0.25) is 0 Å². The summed E-state index contributed by atoms with van der Waals surface area (Å²) in [6.07, 6.45) is 0. The third-order valence-corrected chi connectivity index (χ3v) is 7.03. The molecule has 2 aromatic carbocycles. The van der Waals surface area contributed by atoms with Crippen LogP contribution in [0.3, 0.4) is 0 Å². The van der Waals surface area contributed by atoms with Gasteiger partial charge in [-0.1, -0.05) is 30.3 Å². The van der Waals surface area contributed by atoms with Crippen molar-refractivity contribution < 1.29 is 13.2 Å². The first-order chi connectivity index (χ1) is 12.9. The van der Waals surface area contributed by atoms with Crippen molar-refractivity contribution >= 4 is 33.0 Å². The highest BCUT2D eigenvalue weighted by molar-refractivity contribution is 7.92. The maximum absolute atomic E-state index is 12.9. The van der Waals surface area contributed by atoms with Crippen molar-refractivity contribution in [2.75, 3.05) is 11.4 Å². The van der Waals surface area contributed by atoms with Crippen molar-refractivity contribution in [3.05, 3.63) is 82.6 Å². The summed E-state index contributed by atoms with van der Waals surface area (Å²) in [5, 5.41) is 4.85. The van der Waals surface area contributed by atoms with E-state index in [1.54, 1.807) is 47.7 Å². The van der Waals surface area contributed by atoms with E-state index in [4.69, 9.17) is 0 Å². The number of carbonyl (C=O) groups excluding carboxylic acids is 1. The predicted molar refractivity (Wildman–Crippen MR) is 109 cm³/mol. The highest BCUT2D eigenvalue weighted by Crippen LogP contribution is 2.23. The Morgan fingerprint density at radius 2 is 1.78 bits per heavy atom. The number of rotatable bonds is 6. The minimum Gasteiger partial charge on any atom is -0.345 e. The van der Waals surface area contributed by atoms with Crippen molar-refractivity contribution in [2.24, 2.45) is 0 Å². The monoisotopic (exact) mass is 400 g/mol. The normalized spacial score (nSPS) is 12.4. The summed E-state index contributed by atoms with van der Waals surface area (Å²) in [6.45, 7) is 1.90. The second kappa shape index (κ2) is 7.94. The first kappa shape index (κ1) is 19.1. The van der Waals surface area contributed by atoms with Crippen molar-refractivity contribution in [1.29, 1.82) is 0 Å². The molecule has 0 saturated heterocycles. The van der Waals surface area contributed by atoms with Crippen molar-refractivity contribution in [2.45, 2.75) is 17.9 Å². The average Bonchev–Trinajstić information content (AvgIpc) is 3.23. The van der Waals surface area contributed by atoms with E-state index < -0.39 is 10.0 Å². The molecule has 1 atom stereocenters. The van der Waals surface area contributed by atoms with Crippen molar-refractivity contribution in [3.63, 3.8) is 0 Å². The van der Waals surface area contributed by atoms with Crippen LogP contribution in [0.15, 0.2) is 77.0 Å². The number of thiophene rings is 1. The minimum absolute atomic E-state index is 0.0743. The molecule has 5 nitrogen and oxygen atoms in total. The maximum atomic E-state index is 12.9. The van der Waals surface area contributed by atoms with Gasteiger partial charge in [0.1, 0.15) is 0 Å². The number of para-hydroxylation sites is 1. The Bertz CT molecular complexity index is 1020. The molecule has 1 amide bonds. The van der Waals surface area contributed by atoms with Gasteiger partial charge in [0, 0.05) is 17.5 Å². The molecule has 0 bridgehead atoms. The standard InChI is InChI=1S/C20H20N2O3S2/c1-15(19-12-7-13-26-19)21-20(23)16-8-6-11-18(14-16)27(24,25)22(2)17-9-4-3-5-10-17/h3-15H,1-2H3,(H,21,23). The van der Waals surface area contributed by atoms with Crippen LogP contribution in [0, 0.1) is 0 Å². The number of benzene rings is 2. The molecule has 0 aliphatic heterocycles. The quantitative estimate of drug-likeness (QED) is 0.678. The number of hydrogen-bond donors (Lipinski definition) is 1. The lowest BCUT2D eigenvalue weighted by atomic mass is 10.2. The lowest BCUT2D eigenvalue weighted by Gasteiger charge is -2.20. The van der Waals surface area contributed by atoms with E-state index in [0.717, 1.165) is 4.88 Å².